The number of carbonyl (C=O) groups is 9. The minimum atomic E-state index is -1.59. The molecule has 26 heteroatoms. The van der Waals surface area contributed by atoms with Crippen LogP contribution in [0.5, 0.6) is 0 Å². The Morgan fingerprint density at radius 2 is 1.10 bits per heavy atom. The number of amides is 8. The summed E-state index contributed by atoms with van der Waals surface area (Å²) >= 11 is 0. The van der Waals surface area contributed by atoms with Gasteiger partial charge in [0.1, 0.15) is 42.3 Å². The fourth-order valence-electron chi connectivity index (χ4n) is 9.79. The number of aliphatic imine (C=N–C) groups is 2. The van der Waals surface area contributed by atoms with E-state index in [1.165, 1.54) is 21.7 Å². The molecule has 5 rings (SSSR count). The van der Waals surface area contributed by atoms with Crippen molar-refractivity contribution in [2.24, 2.45) is 38.7 Å². The quantitative estimate of drug-likeness (QED) is 0.0234. The molecular formula is C51H75N15O11. The van der Waals surface area contributed by atoms with Crippen molar-refractivity contribution >= 4 is 65.1 Å². The fraction of sp³-hybridized carbons (Fsp3) is 0.549. The van der Waals surface area contributed by atoms with Crippen molar-refractivity contribution in [2.75, 3.05) is 52.9 Å². The maximum atomic E-state index is 14.2. The first-order chi connectivity index (χ1) is 36.8. The van der Waals surface area contributed by atoms with E-state index in [9.17, 15) is 53.4 Å². The summed E-state index contributed by atoms with van der Waals surface area (Å²) in [7, 11) is 1.40. The number of hydrogen-bond donors (Lipinski definition) is 11. The van der Waals surface area contributed by atoms with Crippen molar-refractivity contribution in [1.82, 2.24) is 40.9 Å². The van der Waals surface area contributed by atoms with Crippen LogP contribution in [0.3, 0.4) is 0 Å². The molecule has 8 atom stereocenters. The number of aliphatic hydroxyl groups is 1. The van der Waals surface area contributed by atoms with Gasteiger partial charge in [0.25, 0.3) is 0 Å². The third-order valence-corrected chi connectivity index (χ3v) is 13.7. The van der Waals surface area contributed by atoms with Crippen LogP contribution in [0.25, 0.3) is 0 Å². The Hall–Kier alpha value is -7.87. The number of carboxylic acids is 1. The van der Waals surface area contributed by atoms with E-state index in [0.717, 1.165) is 4.90 Å². The van der Waals surface area contributed by atoms with Gasteiger partial charge in [0.2, 0.25) is 47.3 Å². The number of likely N-dealkylation sites (tertiary alicyclic amines) is 3. The van der Waals surface area contributed by atoms with Gasteiger partial charge < -0.3 is 79.7 Å². The molecule has 0 saturated carbocycles. The number of nitrogens with one attached hydrogen (secondary N) is 4. The van der Waals surface area contributed by atoms with E-state index < -0.39 is 103 Å². The van der Waals surface area contributed by atoms with Crippen molar-refractivity contribution < 1.29 is 53.4 Å². The van der Waals surface area contributed by atoms with Crippen molar-refractivity contribution in [2.45, 2.75) is 125 Å². The van der Waals surface area contributed by atoms with E-state index in [2.05, 4.69) is 31.3 Å². The highest BCUT2D eigenvalue weighted by molar-refractivity contribution is 5.98. The number of nitrogens with two attached hydrogens (primary N) is 5. The average molecular weight is 1070 g/mol. The molecule has 26 nitrogen and oxygen atoms in total. The van der Waals surface area contributed by atoms with Gasteiger partial charge in [-0.2, -0.15) is 0 Å². The lowest BCUT2D eigenvalue weighted by atomic mass is 10.0. The Morgan fingerprint density at radius 3 is 1.64 bits per heavy atom. The monoisotopic (exact) mass is 1070 g/mol. The fourth-order valence-corrected chi connectivity index (χ4v) is 9.79. The molecule has 420 valence electrons. The summed E-state index contributed by atoms with van der Waals surface area (Å²) in [5.41, 5.74) is 29.0. The summed E-state index contributed by atoms with van der Waals surface area (Å²) in [6.07, 6.45) is 3.15. The lowest BCUT2D eigenvalue weighted by molar-refractivity contribution is -0.149. The molecule has 0 bridgehead atoms. The summed E-state index contributed by atoms with van der Waals surface area (Å²) in [6, 6.07) is 8.05. The number of aliphatic carboxylic acids is 1. The summed E-state index contributed by atoms with van der Waals surface area (Å²) in [5.74, 6) is -6.78. The van der Waals surface area contributed by atoms with Crippen molar-refractivity contribution in [3.8, 4) is 0 Å². The molecule has 2 aromatic rings. The number of benzene rings is 2. The van der Waals surface area contributed by atoms with Gasteiger partial charge in [0.15, 0.2) is 11.9 Å². The van der Waals surface area contributed by atoms with Gasteiger partial charge in [-0.15, -0.1) is 0 Å². The molecule has 0 aromatic heterocycles. The molecule has 77 heavy (non-hydrogen) atoms. The van der Waals surface area contributed by atoms with Crippen molar-refractivity contribution in [3.63, 3.8) is 0 Å². The van der Waals surface area contributed by atoms with E-state index in [4.69, 9.17) is 28.7 Å². The SMILES string of the molecule is CN(CC(=O)N[C@@H](Cc1ccccc1)C(=O)N[C@@H](CO)C(=O)N1CCC[C@H]1C(=O)N[C@@H](Cc1ccccc1)C(=O)N[C@@H](CCCN=C(N)N)C(=O)O)C(=O)[C@@H]1CCCN1C(=O)[C@@H]1CCCN1C(=O)[C@@H](N)CCCN=C(N)N. The Balaban J connectivity index is 1.23. The number of nitrogens with zero attached hydrogens (tertiary/aromatic N) is 6. The maximum absolute atomic E-state index is 14.2. The second-order valence-corrected chi connectivity index (χ2v) is 19.5. The van der Waals surface area contributed by atoms with E-state index in [0.29, 0.717) is 69.2 Å². The van der Waals surface area contributed by atoms with Gasteiger partial charge in [-0.1, -0.05) is 60.7 Å². The van der Waals surface area contributed by atoms with Crippen molar-refractivity contribution in [1.29, 1.82) is 0 Å². The number of hydrogen-bond acceptors (Lipinski definition) is 13. The third-order valence-electron chi connectivity index (χ3n) is 13.7. The van der Waals surface area contributed by atoms with Crippen LogP contribution in [0.4, 0.5) is 0 Å². The van der Waals surface area contributed by atoms with Gasteiger partial charge >= 0.3 is 5.97 Å². The van der Waals surface area contributed by atoms with Crippen LogP contribution in [-0.4, -0.2) is 196 Å². The summed E-state index contributed by atoms with van der Waals surface area (Å²) < 4.78 is 0. The number of guanidine groups is 2. The zero-order chi connectivity index (χ0) is 56.2. The first-order valence-electron chi connectivity index (χ1n) is 25.9. The van der Waals surface area contributed by atoms with Crippen LogP contribution < -0.4 is 49.9 Å². The highest BCUT2D eigenvalue weighted by atomic mass is 16.4. The molecule has 3 fully saturated rings. The van der Waals surface area contributed by atoms with Crippen LogP contribution in [0.1, 0.15) is 75.3 Å². The van der Waals surface area contributed by atoms with Crippen LogP contribution in [0.2, 0.25) is 0 Å². The highest BCUT2D eigenvalue weighted by Crippen LogP contribution is 2.27. The Bertz CT molecular complexity index is 2440. The molecule has 0 aliphatic carbocycles. The van der Waals surface area contributed by atoms with Crippen LogP contribution in [-0.2, 0) is 56.0 Å². The van der Waals surface area contributed by atoms with Crippen LogP contribution in [0, 0.1) is 0 Å². The van der Waals surface area contributed by atoms with E-state index in [1.54, 1.807) is 60.7 Å². The lowest BCUT2D eigenvalue weighted by Crippen LogP contribution is -2.60. The number of carbonyl (C=O) groups excluding carboxylic acids is 8. The Morgan fingerprint density at radius 1 is 0.623 bits per heavy atom. The number of aliphatic hydroxyl groups excluding tert-OH is 1. The zero-order valence-electron chi connectivity index (χ0n) is 43.5. The first kappa shape index (κ1) is 60.0. The summed E-state index contributed by atoms with van der Waals surface area (Å²) in [6.45, 7) is -0.362. The molecule has 0 spiro atoms. The first-order valence-corrected chi connectivity index (χ1v) is 25.9. The number of rotatable bonds is 27. The minimum absolute atomic E-state index is 0.0208. The van der Waals surface area contributed by atoms with Gasteiger partial charge in [-0.3, -0.25) is 48.3 Å². The topological polar surface area (TPSA) is 410 Å². The van der Waals surface area contributed by atoms with E-state index >= 15 is 0 Å². The van der Waals surface area contributed by atoms with Crippen molar-refractivity contribution in [3.05, 3.63) is 71.8 Å². The predicted octanol–water partition coefficient (Wildman–Crippen LogP) is -3.65. The van der Waals surface area contributed by atoms with Gasteiger partial charge in [-0.25, -0.2) is 4.79 Å². The molecule has 2 aromatic carbocycles. The number of likely N-dealkylation sites (N-methyl/N-ethyl adjacent to an activating group) is 1. The van der Waals surface area contributed by atoms with Crippen LogP contribution >= 0.6 is 0 Å². The van der Waals surface area contributed by atoms with Gasteiger partial charge in [0.05, 0.1) is 19.2 Å². The predicted molar refractivity (Wildman–Crippen MR) is 282 cm³/mol. The summed E-state index contributed by atoms with van der Waals surface area (Å²) in [4.78, 5) is 137. The molecule has 3 aliphatic rings. The molecule has 8 amide bonds. The van der Waals surface area contributed by atoms with Gasteiger partial charge in [-0.05, 0) is 75.3 Å². The van der Waals surface area contributed by atoms with Gasteiger partial charge in [0, 0.05) is 52.6 Å². The molecule has 3 aliphatic heterocycles. The standard InChI is InChI=1S/C51H75N15O11/c1-63(47(74)39-20-11-26-66(39)48(75)40-21-12-25-65(40)45(72)33(52)17-8-22-57-50(53)54)29-41(68)59-35(27-31-13-4-2-5-14-31)42(69)62-37(30-67)46(73)64-24-10-19-38(64)44(71)61-36(28-32-15-6-3-7-16-32)43(70)60-34(49(76)77)18-9-23-58-51(55)56/h2-7,13-16,33-40,67H,8-12,17-30,52H2,1H3,(H,59,68)(H,60,70)(H,61,71)(H,62,69)(H,76,77)(H4,53,54,57)(H4,55,56,58)/t33-,34-,35-,36-,37-,38-,39-,40-/m0/s1. The lowest BCUT2D eigenvalue weighted by Gasteiger charge is -2.33. The normalized spacial score (nSPS) is 18.9. The largest absolute Gasteiger partial charge is 0.480 e. The smallest absolute Gasteiger partial charge is 0.326 e. The second kappa shape index (κ2) is 29.4. The molecular weight excluding hydrogens is 999 g/mol. The van der Waals surface area contributed by atoms with Crippen LogP contribution in [0.15, 0.2) is 70.6 Å². The van der Waals surface area contributed by atoms with E-state index in [-0.39, 0.29) is 75.5 Å². The Kier molecular flexibility index (Phi) is 22.9. The third kappa shape index (κ3) is 17.6. The second-order valence-electron chi connectivity index (χ2n) is 19.5. The molecule has 3 heterocycles. The van der Waals surface area contributed by atoms with E-state index in [1.807, 2.05) is 0 Å². The molecule has 0 radical (unpaired) electrons. The highest BCUT2D eigenvalue weighted by Gasteiger charge is 2.44. The average Bonchev–Trinajstić information content (AvgIpc) is 4.22. The summed E-state index contributed by atoms with van der Waals surface area (Å²) in [5, 5.41) is 30.9. The molecule has 3 saturated heterocycles. The Labute approximate surface area is 446 Å². The zero-order valence-corrected chi connectivity index (χ0v) is 43.5. The molecule has 0 unspecified atom stereocenters. The molecule has 16 N–H and O–H groups in total. The maximum Gasteiger partial charge on any atom is 0.326 e. The minimum Gasteiger partial charge on any atom is -0.480 e. The number of carboxylic acid groups (broad SMARTS) is 1.